The summed E-state index contributed by atoms with van der Waals surface area (Å²) >= 11 is 6.67. The van der Waals surface area contributed by atoms with E-state index in [9.17, 15) is 13.2 Å². The molecule has 1 saturated heterocycles. The summed E-state index contributed by atoms with van der Waals surface area (Å²) in [6, 6.07) is 4.86. The summed E-state index contributed by atoms with van der Waals surface area (Å²) < 4.78 is 24.8. The van der Waals surface area contributed by atoms with Crippen LogP contribution in [0.1, 0.15) is 16.8 Å². The fourth-order valence-corrected chi connectivity index (χ4v) is 5.35. The molecule has 1 fully saturated rings. The zero-order valence-corrected chi connectivity index (χ0v) is 15.0. The van der Waals surface area contributed by atoms with Gasteiger partial charge >= 0.3 is 0 Å². The van der Waals surface area contributed by atoms with Gasteiger partial charge in [0.1, 0.15) is 0 Å². The molecule has 0 N–H and O–H groups in total. The van der Waals surface area contributed by atoms with Crippen LogP contribution in [0.4, 0.5) is 0 Å². The maximum absolute atomic E-state index is 12.6. The molecular weight excluding hydrogens is 422 g/mol. The normalized spacial score (nSPS) is 20.0. The Labute approximate surface area is 141 Å². The summed E-state index contributed by atoms with van der Waals surface area (Å²) in [5, 5.41) is 0. The number of rotatable bonds is 3. The van der Waals surface area contributed by atoms with Gasteiger partial charge in [0.15, 0.2) is 9.84 Å². The second-order valence-corrected chi connectivity index (χ2v) is 8.91. The van der Waals surface area contributed by atoms with E-state index in [-0.39, 0.29) is 30.0 Å². The number of halogens is 2. The maximum Gasteiger partial charge on any atom is 0.254 e. The molecule has 0 spiro atoms. The van der Waals surface area contributed by atoms with Crippen molar-refractivity contribution >= 4 is 47.6 Å². The van der Waals surface area contributed by atoms with Crippen molar-refractivity contribution < 1.29 is 13.2 Å². The lowest BCUT2D eigenvalue weighted by atomic mass is 10.1. The molecule has 112 valence electrons. The van der Waals surface area contributed by atoms with Crippen LogP contribution in [0.3, 0.4) is 0 Å². The molecule has 0 aliphatic carbocycles. The number of sulfone groups is 1. The Balaban J connectivity index is 2.30. The molecule has 0 saturated carbocycles. The van der Waals surface area contributed by atoms with Gasteiger partial charge in [0.25, 0.3) is 5.91 Å². The lowest BCUT2D eigenvalue weighted by molar-refractivity contribution is 0.0724. The second kappa shape index (κ2) is 6.51. The van der Waals surface area contributed by atoms with Gasteiger partial charge in [0.2, 0.25) is 0 Å². The van der Waals surface area contributed by atoms with Gasteiger partial charge < -0.3 is 4.90 Å². The molecule has 7 heteroatoms. The molecule has 1 atom stereocenters. The number of carbonyl (C=O) groups is 1. The van der Waals surface area contributed by atoms with Gasteiger partial charge in [0, 0.05) is 20.6 Å². The van der Waals surface area contributed by atoms with E-state index in [1.807, 2.05) is 6.07 Å². The molecule has 1 aromatic rings. The summed E-state index contributed by atoms with van der Waals surface area (Å²) in [5.74, 6) is 2.27. The highest BCUT2D eigenvalue weighted by Crippen LogP contribution is 2.24. The van der Waals surface area contributed by atoms with E-state index < -0.39 is 9.84 Å². The van der Waals surface area contributed by atoms with Crippen molar-refractivity contribution in [3.63, 3.8) is 0 Å². The van der Waals surface area contributed by atoms with Gasteiger partial charge in [-0.3, -0.25) is 4.79 Å². The smallest absolute Gasteiger partial charge is 0.254 e. The van der Waals surface area contributed by atoms with Crippen molar-refractivity contribution in [2.24, 2.45) is 0 Å². The van der Waals surface area contributed by atoms with Crippen LogP contribution in [0.5, 0.6) is 0 Å². The fraction of sp³-hybridized carbons (Fsp3) is 0.357. The van der Waals surface area contributed by atoms with Crippen molar-refractivity contribution in [1.29, 1.82) is 0 Å². The van der Waals surface area contributed by atoms with Crippen LogP contribution in [0.15, 0.2) is 27.1 Å². The van der Waals surface area contributed by atoms with Gasteiger partial charge in [-0.15, -0.1) is 6.42 Å². The number of terminal acetylenes is 1. The van der Waals surface area contributed by atoms with Crippen LogP contribution in [0.2, 0.25) is 0 Å². The number of carbonyl (C=O) groups excluding carboxylic acids is 1. The molecule has 1 amide bonds. The third-order valence-electron chi connectivity index (χ3n) is 3.28. The van der Waals surface area contributed by atoms with Crippen molar-refractivity contribution in [2.75, 3.05) is 18.1 Å². The SMILES string of the molecule is C#CCN(C(=O)c1cc(Br)cc(Br)c1)C1CCS(=O)(=O)C1. The first kappa shape index (κ1) is 16.5. The van der Waals surface area contributed by atoms with E-state index in [0.717, 1.165) is 8.95 Å². The molecule has 4 nitrogen and oxygen atoms in total. The molecule has 2 rings (SSSR count). The number of benzene rings is 1. The number of amides is 1. The Morgan fingerprint density at radius 1 is 1.33 bits per heavy atom. The van der Waals surface area contributed by atoms with Gasteiger partial charge in [-0.05, 0) is 24.6 Å². The zero-order valence-electron chi connectivity index (χ0n) is 11.1. The van der Waals surface area contributed by atoms with Gasteiger partial charge in [-0.2, -0.15) is 0 Å². The molecule has 1 heterocycles. The minimum absolute atomic E-state index is 0.0183. The van der Waals surface area contributed by atoms with Crippen LogP contribution >= 0.6 is 31.9 Å². The van der Waals surface area contributed by atoms with E-state index in [4.69, 9.17) is 6.42 Å². The Morgan fingerprint density at radius 3 is 2.43 bits per heavy atom. The van der Waals surface area contributed by atoms with Gasteiger partial charge in [0.05, 0.1) is 18.1 Å². The maximum atomic E-state index is 12.6. The Bertz CT molecular complexity index is 689. The van der Waals surface area contributed by atoms with Crippen LogP contribution in [-0.2, 0) is 9.84 Å². The van der Waals surface area contributed by atoms with Crippen molar-refractivity contribution in [3.8, 4) is 12.3 Å². The topological polar surface area (TPSA) is 54.5 Å². The predicted molar refractivity (Wildman–Crippen MR) is 88.8 cm³/mol. The fourth-order valence-electron chi connectivity index (χ4n) is 2.33. The van der Waals surface area contributed by atoms with Crippen LogP contribution in [0, 0.1) is 12.3 Å². The van der Waals surface area contributed by atoms with Gasteiger partial charge in [-0.1, -0.05) is 37.8 Å². The summed E-state index contributed by atoms with van der Waals surface area (Å²) in [6.07, 6.45) is 5.76. The Morgan fingerprint density at radius 2 is 1.95 bits per heavy atom. The van der Waals surface area contributed by atoms with Crippen molar-refractivity contribution in [2.45, 2.75) is 12.5 Å². The molecule has 1 unspecified atom stereocenters. The van der Waals surface area contributed by atoms with E-state index in [0.29, 0.717) is 12.0 Å². The van der Waals surface area contributed by atoms with Crippen LogP contribution in [-0.4, -0.2) is 43.3 Å². The first-order valence-electron chi connectivity index (χ1n) is 6.23. The standard InChI is InChI=1S/C14H13Br2NO3S/c1-2-4-17(13-3-5-21(19,20)9-13)14(18)10-6-11(15)8-12(16)7-10/h1,6-8,13H,3-5,9H2. The summed E-state index contributed by atoms with van der Waals surface area (Å²) in [7, 11) is -3.07. The zero-order chi connectivity index (χ0) is 15.6. The van der Waals surface area contributed by atoms with Gasteiger partial charge in [-0.25, -0.2) is 8.42 Å². The number of nitrogens with zero attached hydrogens (tertiary/aromatic N) is 1. The van der Waals surface area contributed by atoms with Crippen molar-refractivity contribution in [1.82, 2.24) is 4.90 Å². The van der Waals surface area contributed by atoms with E-state index in [2.05, 4.69) is 37.8 Å². The quantitative estimate of drug-likeness (QED) is 0.686. The molecular formula is C14H13Br2NO3S. The summed E-state index contributed by atoms with van der Waals surface area (Å²) in [4.78, 5) is 14.1. The number of hydrogen-bond acceptors (Lipinski definition) is 3. The number of hydrogen-bond donors (Lipinski definition) is 0. The average molecular weight is 435 g/mol. The first-order valence-corrected chi connectivity index (χ1v) is 9.64. The predicted octanol–water partition coefficient (Wildman–Crippen LogP) is 2.47. The molecule has 0 aromatic heterocycles. The van der Waals surface area contributed by atoms with E-state index in [1.54, 1.807) is 12.1 Å². The first-order chi connectivity index (χ1) is 9.82. The van der Waals surface area contributed by atoms with Crippen LogP contribution < -0.4 is 0 Å². The second-order valence-electron chi connectivity index (χ2n) is 4.85. The minimum Gasteiger partial charge on any atom is -0.323 e. The summed E-state index contributed by atoms with van der Waals surface area (Å²) in [5.41, 5.74) is 0.468. The minimum atomic E-state index is -3.07. The van der Waals surface area contributed by atoms with E-state index in [1.165, 1.54) is 4.90 Å². The monoisotopic (exact) mass is 433 g/mol. The van der Waals surface area contributed by atoms with Crippen LogP contribution in [0.25, 0.3) is 0 Å². The van der Waals surface area contributed by atoms with E-state index >= 15 is 0 Å². The lowest BCUT2D eigenvalue weighted by Gasteiger charge is -2.26. The molecule has 21 heavy (non-hydrogen) atoms. The Hall–Kier alpha value is -0.840. The summed E-state index contributed by atoms with van der Waals surface area (Å²) in [6.45, 7) is 0.100. The highest BCUT2D eigenvalue weighted by molar-refractivity contribution is 9.11. The molecule has 1 aromatic carbocycles. The van der Waals surface area contributed by atoms with Crippen molar-refractivity contribution in [3.05, 3.63) is 32.7 Å². The molecule has 1 aliphatic rings. The highest BCUT2D eigenvalue weighted by atomic mass is 79.9. The molecule has 0 radical (unpaired) electrons. The third kappa shape index (κ3) is 4.09. The average Bonchev–Trinajstić information content (AvgIpc) is 2.74. The highest BCUT2D eigenvalue weighted by Gasteiger charge is 2.34. The third-order valence-corrected chi connectivity index (χ3v) is 5.95. The Kier molecular flexibility index (Phi) is 5.12. The lowest BCUT2D eigenvalue weighted by Crippen LogP contribution is -2.41. The largest absolute Gasteiger partial charge is 0.323 e. The molecule has 1 aliphatic heterocycles. The molecule has 0 bridgehead atoms.